The molecular formula is C27H32O6. The van der Waals surface area contributed by atoms with Crippen molar-refractivity contribution < 1.29 is 29.7 Å². The first-order chi connectivity index (χ1) is 15.1. The van der Waals surface area contributed by atoms with E-state index >= 15 is 0 Å². The van der Waals surface area contributed by atoms with Crippen LogP contribution < -0.4 is 0 Å². The van der Waals surface area contributed by atoms with Crippen LogP contribution in [0.4, 0.5) is 0 Å². The average Bonchev–Trinajstić information content (AvgIpc) is 2.67. The van der Waals surface area contributed by atoms with E-state index in [1.807, 2.05) is 27.7 Å². The van der Waals surface area contributed by atoms with E-state index in [0.717, 1.165) is 11.1 Å². The van der Waals surface area contributed by atoms with E-state index < -0.39 is 45.5 Å². The molecule has 3 N–H and O–H groups in total. The van der Waals surface area contributed by atoms with Crippen molar-refractivity contribution in [2.75, 3.05) is 0 Å². The summed E-state index contributed by atoms with van der Waals surface area (Å²) in [6.45, 7) is 12.5. The van der Waals surface area contributed by atoms with Crippen molar-refractivity contribution >= 4 is 23.1 Å². The Balaban J connectivity index is 2.08. The predicted octanol–water partition coefficient (Wildman–Crippen LogP) is 4.00. The van der Waals surface area contributed by atoms with Crippen molar-refractivity contribution in [1.29, 1.82) is 0 Å². The van der Waals surface area contributed by atoms with Crippen molar-refractivity contribution in [2.24, 2.45) is 22.7 Å². The number of carbonyl (C=O) groups is 3. The van der Waals surface area contributed by atoms with Crippen LogP contribution in [-0.2, 0) is 20.8 Å². The van der Waals surface area contributed by atoms with Crippen LogP contribution in [0.2, 0.25) is 0 Å². The van der Waals surface area contributed by atoms with E-state index in [1.165, 1.54) is 13.0 Å². The third kappa shape index (κ3) is 2.67. The van der Waals surface area contributed by atoms with E-state index in [-0.39, 0.29) is 34.8 Å². The second-order valence-corrected chi connectivity index (χ2v) is 11.0. The van der Waals surface area contributed by atoms with E-state index in [4.69, 9.17) is 0 Å². The number of fused-ring (bicyclic) bond motifs is 3. The van der Waals surface area contributed by atoms with Crippen LogP contribution in [0.5, 0.6) is 5.75 Å². The third-order valence-corrected chi connectivity index (χ3v) is 8.43. The van der Waals surface area contributed by atoms with Crippen molar-refractivity contribution in [3.8, 4) is 5.75 Å². The molecule has 176 valence electrons. The molecule has 0 radical (unpaired) electrons. The fraction of sp³-hybridized carbons (Fsp3) is 0.519. The Bertz CT molecular complexity index is 1200. The molecule has 1 aromatic carbocycles. The monoisotopic (exact) mass is 452 g/mol. The summed E-state index contributed by atoms with van der Waals surface area (Å²) in [5.41, 5.74) is -2.30. The van der Waals surface area contributed by atoms with Crippen molar-refractivity contribution in [3.63, 3.8) is 0 Å². The number of rotatable bonds is 2. The molecule has 33 heavy (non-hydrogen) atoms. The van der Waals surface area contributed by atoms with Crippen molar-refractivity contribution in [2.45, 2.75) is 66.9 Å². The Hall–Kier alpha value is -2.73. The van der Waals surface area contributed by atoms with E-state index in [2.05, 4.69) is 0 Å². The van der Waals surface area contributed by atoms with Crippen molar-refractivity contribution in [3.05, 3.63) is 45.5 Å². The summed E-state index contributed by atoms with van der Waals surface area (Å²) in [6, 6.07) is 3.23. The number of hydrogen-bond donors (Lipinski definition) is 3. The topological polar surface area (TPSA) is 112 Å². The number of carbonyl (C=O) groups excluding carboxylic acids is 3. The Kier molecular flexibility index (Phi) is 4.89. The maximum absolute atomic E-state index is 14.1. The lowest BCUT2D eigenvalue weighted by Crippen LogP contribution is -2.70. The highest BCUT2D eigenvalue weighted by atomic mass is 16.3. The second-order valence-electron chi connectivity index (χ2n) is 11.0. The smallest absolute Gasteiger partial charge is 0.206 e. The number of Topliss-reactive ketones (excluding diaryl/α,β-unsaturated/α-hetero) is 3. The minimum atomic E-state index is -2.48. The summed E-state index contributed by atoms with van der Waals surface area (Å²) < 4.78 is 0. The number of aliphatic hydroxyl groups excluding tert-OH is 1. The van der Waals surface area contributed by atoms with Gasteiger partial charge >= 0.3 is 0 Å². The maximum atomic E-state index is 14.1. The molecule has 3 aliphatic carbocycles. The van der Waals surface area contributed by atoms with Gasteiger partial charge in [0.2, 0.25) is 11.6 Å². The number of phenolic OH excluding ortho intramolecular Hbond substituents is 1. The SMILES string of the molecule is CC(=O)C1=C(C)[C@@H](C(C)C)[C@]2(C)C[C@]3(C)Cc4c(C)ccc(O)c4C(O)=C3C(=O)[C@]2(O)C1=O. The van der Waals surface area contributed by atoms with Crippen LogP contribution in [0, 0.1) is 29.6 Å². The normalized spacial score (nSPS) is 33.8. The number of phenols is 1. The predicted molar refractivity (Wildman–Crippen MR) is 124 cm³/mol. The molecule has 0 unspecified atom stereocenters. The molecule has 0 amide bonds. The highest BCUT2D eigenvalue weighted by Crippen LogP contribution is 2.65. The average molecular weight is 453 g/mol. The molecule has 0 saturated heterocycles. The van der Waals surface area contributed by atoms with E-state index in [1.54, 1.807) is 19.9 Å². The van der Waals surface area contributed by atoms with Gasteiger partial charge in [-0.3, -0.25) is 14.4 Å². The molecule has 0 heterocycles. The zero-order valence-corrected chi connectivity index (χ0v) is 20.3. The van der Waals surface area contributed by atoms with Gasteiger partial charge in [0.25, 0.3) is 0 Å². The van der Waals surface area contributed by atoms with Gasteiger partial charge in [0.1, 0.15) is 11.5 Å². The Morgan fingerprint density at radius 1 is 1.09 bits per heavy atom. The van der Waals surface area contributed by atoms with Gasteiger partial charge in [-0.15, -0.1) is 0 Å². The van der Waals surface area contributed by atoms with E-state index in [9.17, 15) is 29.7 Å². The van der Waals surface area contributed by atoms with Gasteiger partial charge in [-0.05, 0) is 62.6 Å². The van der Waals surface area contributed by atoms with Gasteiger partial charge in [0, 0.05) is 16.4 Å². The zero-order chi connectivity index (χ0) is 24.8. The lowest BCUT2D eigenvalue weighted by atomic mass is 9.42. The Labute approximate surface area is 194 Å². The van der Waals surface area contributed by atoms with Gasteiger partial charge < -0.3 is 15.3 Å². The van der Waals surface area contributed by atoms with Gasteiger partial charge in [-0.1, -0.05) is 39.3 Å². The molecular weight excluding hydrogens is 420 g/mol. The third-order valence-electron chi connectivity index (χ3n) is 8.43. The summed E-state index contributed by atoms with van der Waals surface area (Å²) in [5.74, 6) is -3.25. The minimum absolute atomic E-state index is 0.0470. The Morgan fingerprint density at radius 2 is 1.70 bits per heavy atom. The first-order valence-corrected chi connectivity index (χ1v) is 11.4. The maximum Gasteiger partial charge on any atom is 0.206 e. The number of aliphatic hydroxyl groups is 2. The zero-order valence-electron chi connectivity index (χ0n) is 20.3. The fourth-order valence-corrected chi connectivity index (χ4v) is 7.40. The lowest BCUT2D eigenvalue weighted by molar-refractivity contribution is -0.180. The largest absolute Gasteiger partial charge is 0.507 e. The van der Waals surface area contributed by atoms with Gasteiger partial charge in [0.05, 0.1) is 11.1 Å². The molecule has 4 rings (SSSR count). The summed E-state index contributed by atoms with van der Waals surface area (Å²) in [6.07, 6.45) is 0.633. The molecule has 6 heteroatoms. The van der Waals surface area contributed by atoms with Crippen LogP contribution in [0.1, 0.15) is 64.7 Å². The molecule has 6 nitrogen and oxygen atoms in total. The molecule has 0 aromatic heterocycles. The summed E-state index contributed by atoms with van der Waals surface area (Å²) in [4.78, 5) is 40.2. The highest BCUT2D eigenvalue weighted by Gasteiger charge is 2.71. The molecule has 3 aliphatic rings. The van der Waals surface area contributed by atoms with Crippen LogP contribution in [0.3, 0.4) is 0 Å². The molecule has 0 aliphatic heterocycles. The number of aromatic hydroxyl groups is 1. The van der Waals surface area contributed by atoms with Crippen LogP contribution in [0.25, 0.3) is 5.76 Å². The number of ketones is 3. The number of hydrogen-bond acceptors (Lipinski definition) is 6. The standard InChI is InChI=1S/C27H32O6/c1-12(2)20-14(4)18(15(5)28)23(31)27(33)24(32)21-22(30)19-16(13(3)8-9-17(19)29)10-25(21,6)11-26(20,27)7/h8-9,12,20,29-30,33H,10-11H2,1-7H3/t20-,25+,26+,27-/m1/s1. The fourth-order valence-electron chi connectivity index (χ4n) is 7.40. The number of benzene rings is 1. The quantitative estimate of drug-likeness (QED) is 0.462. The van der Waals surface area contributed by atoms with Crippen LogP contribution in [0.15, 0.2) is 28.9 Å². The summed E-state index contributed by atoms with van der Waals surface area (Å²) >= 11 is 0. The van der Waals surface area contributed by atoms with Crippen molar-refractivity contribution in [1.82, 2.24) is 0 Å². The number of aryl methyl sites for hydroxylation is 1. The van der Waals surface area contributed by atoms with E-state index in [0.29, 0.717) is 12.0 Å². The summed E-state index contributed by atoms with van der Waals surface area (Å²) in [5, 5.41) is 33.8. The molecule has 1 fully saturated rings. The first-order valence-electron chi connectivity index (χ1n) is 11.4. The highest BCUT2D eigenvalue weighted by molar-refractivity contribution is 6.33. The Morgan fingerprint density at radius 3 is 2.24 bits per heavy atom. The second kappa shape index (κ2) is 6.89. The molecule has 1 saturated carbocycles. The number of allylic oxidation sites excluding steroid dienone is 1. The minimum Gasteiger partial charge on any atom is -0.507 e. The molecule has 1 aromatic rings. The molecule has 0 spiro atoms. The summed E-state index contributed by atoms with van der Waals surface area (Å²) in [7, 11) is 0. The first kappa shape index (κ1) is 23.4. The lowest BCUT2D eigenvalue weighted by Gasteiger charge is -2.60. The molecule has 4 atom stereocenters. The van der Waals surface area contributed by atoms with Gasteiger partial charge in [-0.25, -0.2) is 0 Å². The van der Waals surface area contributed by atoms with Gasteiger partial charge in [-0.2, -0.15) is 0 Å². The van der Waals surface area contributed by atoms with Crippen LogP contribution in [-0.4, -0.2) is 38.3 Å². The van der Waals surface area contributed by atoms with Gasteiger partial charge in [0.15, 0.2) is 11.4 Å². The van der Waals surface area contributed by atoms with Crippen LogP contribution >= 0.6 is 0 Å². The molecule has 0 bridgehead atoms.